The third kappa shape index (κ3) is 4.66. The van der Waals surface area contributed by atoms with Crippen LogP contribution in [0.4, 0.5) is 0 Å². The van der Waals surface area contributed by atoms with Gasteiger partial charge in [-0.05, 0) is 43.9 Å². The van der Waals surface area contributed by atoms with E-state index in [4.69, 9.17) is 0 Å². The molecule has 0 unspecified atom stereocenters. The van der Waals surface area contributed by atoms with Gasteiger partial charge in [-0.3, -0.25) is 19.2 Å². The molecule has 0 fully saturated rings. The van der Waals surface area contributed by atoms with Gasteiger partial charge in [-0.1, -0.05) is 13.8 Å². The number of H-pyrrole nitrogens is 1. The molecule has 1 amide bonds. The number of fused-ring (bicyclic) bond motifs is 1. The van der Waals surface area contributed by atoms with Gasteiger partial charge in [0.2, 0.25) is 0 Å². The van der Waals surface area contributed by atoms with E-state index in [1.54, 1.807) is 6.07 Å². The van der Waals surface area contributed by atoms with Gasteiger partial charge in [0.1, 0.15) is 5.56 Å². The molecule has 7 heteroatoms. The second-order valence-corrected chi connectivity index (χ2v) is 7.84. The Bertz CT molecular complexity index is 881. The zero-order valence-electron chi connectivity index (χ0n) is 16.6. The number of aromatic nitrogens is 3. The number of aryl methyl sites for hydroxylation is 3. The van der Waals surface area contributed by atoms with Crippen LogP contribution in [0.1, 0.15) is 53.3 Å². The maximum Gasteiger partial charge on any atom is 0.261 e. The van der Waals surface area contributed by atoms with Crippen LogP contribution in [0.2, 0.25) is 0 Å². The van der Waals surface area contributed by atoms with Gasteiger partial charge in [0.25, 0.3) is 11.5 Å². The molecule has 2 N–H and O–H groups in total. The summed E-state index contributed by atoms with van der Waals surface area (Å²) in [7, 11) is 0. The highest BCUT2D eigenvalue weighted by molar-refractivity contribution is 5.93. The molecule has 0 aromatic carbocycles. The van der Waals surface area contributed by atoms with Gasteiger partial charge in [-0.15, -0.1) is 0 Å². The average Bonchev–Trinajstić information content (AvgIpc) is 2.87. The topological polar surface area (TPSA) is 83.0 Å². The van der Waals surface area contributed by atoms with E-state index < -0.39 is 0 Å². The van der Waals surface area contributed by atoms with Crippen molar-refractivity contribution in [3.63, 3.8) is 0 Å². The first kappa shape index (κ1) is 19.4. The molecule has 0 radical (unpaired) electrons. The molecule has 0 atom stereocenters. The fourth-order valence-electron chi connectivity index (χ4n) is 3.51. The minimum absolute atomic E-state index is 0.141. The fourth-order valence-corrected chi connectivity index (χ4v) is 3.51. The smallest absolute Gasteiger partial charge is 0.261 e. The van der Waals surface area contributed by atoms with Crippen LogP contribution in [0.25, 0.3) is 0 Å². The molecule has 27 heavy (non-hydrogen) atoms. The van der Waals surface area contributed by atoms with E-state index in [1.165, 1.54) is 5.69 Å². The Kier molecular flexibility index (Phi) is 5.79. The summed E-state index contributed by atoms with van der Waals surface area (Å²) in [4.78, 5) is 29.6. The van der Waals surface area contributed by atoms with Crippen LogP contribution in [0.15, 0.2) is 16.9 Å². The molecule has 2 aromatic heterocycles. The average molecular weight is 371 g/mol. The van der Waals surface area contributed by atoms with Gasteiger partial charge in [-0.2, -0.15) is 5.10 Å². The lowest BCUT2D eigenvalue weighted by atomic mass is 10.1. The van der Waals surface area contributed by atoms with Crippen LogP contribution < -0.4 is 10.9 Å². The van der Waals surface area contributed by atoms with E-state index in [2.05, 4.69) is 40.2 Å². The number of rotatable bonds is 5. The molecular weight excluding hydrogens is 342 g/mol. The molecule has 0 spiro atoms. The molecule has 146 valence electrons. The van der Waals surface area contributed by atoms with E-state index in [0.29, 0.717) is 12.5 Å². The third-order valence-corrected chi connectivity index (χ3v) is 4.94. The second kappa shape index (κ2) is 8.08. The van der Waals surface area contributed by atoms with E-state index >= 15 is 0 Å². The van der Waals surface area contributed by atoms with E-state index in [0.717, 1.165) is 49.6 Å². The van der Waals surface area contributed by atoms with Gasteiger partial charge in [0, 0.05) is 31.9 Å². The maximum absolute atomic E-state index is 12.4. The predicted octanol–water partition coefficient (Wildman–Crippen LogP) is 1.98. The monoisotopic (exact) mass is 371 g/mol. The summed E-state index contributed by atoms with van der Waals surface area (Å²) >= 11 is 0. The van der Waals surface area contributed by atoms with Crippen molar-refractivity contribution in [2.45, 2.75) is 53.8 Å². The fraction of sp³-hybridized carbons (Fsp3) is 0.550. The number of carbonyl (C=O) groups is 1. The summed E-state index contributed by atoms with van der Waals surface area (Å²) in [6, 6.07) is 3.69. The Balaban J connectivity index is 1.67. The number of nitrogens with zero attached hydrogens (tertiary/aromatic N) is 3. The third-order valence-electron chi connectivity index (χ3n) is 4.94. The number of hydrogen-bond donors (Lipinski definition) is 2. The minimum Gasteiger partial charge on any atom is -0.346 e. The molecule has 7 nitrogen and oxygen atoms in total. The molecule has 0 bridgehead atoms. The van der Waals surface area contributed by atoms with Crippen molar-refractivity contribution >= 4 is 5.91 Å². The minimum atomic E-state index is -0.371. The number of carbonyl (C=O) groups excluding carboxylic acids is 1. The molecule has 1 aliphatic rings. The van der Waals surface area contributed by atoms with Gasteiger partial charge in [-0.25, -0.2) is 0 Å². The van der Waals surface area contributed by atoms with Crippen molar-refractivity contribution in [3.8, 4) is 0 Å². The van der Waals surface area contributed by atoms with Gasteiger partial charge in [0.05, 0.1) is 17.9 Å². The first-order valence-electron chi connectivity index (χ1n) is 9.60. The summed E-state index contributed by atoms with van der Waals surface area (Å²) in [5.41, 5.74) is 3.45. The number of aromatic amines is 1. The Hall–Kier alpha value is -2.41. The standard InChI is InChI=1S/C20H29N5O2/c1-13(2)11-24-6-5-7-25-17(12-24)9-16(23-25)10-21-19(26)18-8-14(3)15(4)22-20(18)27/h8-9,13H,5-7,10-12H2,1-4H3,(H,21,26)(H,22,27). The summed E-state index contributed by atoms with van der Waals surface area (Å²) < 4.78 is 2.05. The zero-order valence-corrected chi connectivity index (χ0v) is 16.6. The van der Waals surface area contributed by atoms with Crippen molar-refractivity contribution < 1.29 is 4.79 Å². The summed E-state index contributed by atoms with van der Waals surface area (Å²) in [6.45, 7) is 12.4. The molecule has 0 saturated heterocycles. The lowest BCUT2D eigenvalue weighted by molar-refractivity contribution is 0.0948. The Morgan fingerprint density at radius 3 is 2.81 bits per heavy atom. The number of nitrogens with one attached hydrogen (secondary N) is 2. The Morgan fingerprint density at radius 1 is 1.30 bits per heavy atom. The maximum atomic E-state index is 12.4. The molecule has 0 saturated carbocycles. The quantitative estimate of drug-likeness (QED) is 0.842. The predicted molar refractivity (Wildman–Crippen MR) is 105 cm³/mol. The highest BCUT2D eigenvalue weighted by Gasteiger charge is 2.18. The van der Waals surface area contributed by atoms with Crippen molar-refractivity contribution in [2.24, 2.45) is 5.92 Å². The van der Waals surface area contributed by atoms with E-state index in [1.807, 2.05) is 18.5 Å². The molecule has 0 aliphatic carbocycles. The van der Waals surface area contributed by atoms with E-state index in [-0.39, 0.29) is 17.0 Å². The van der Waals surface area contributed by atoms with E-state index in [9.17, 15) is 9.59 Å². The van der Waals surface area contributed by atoms with Crippen molar-refractivity contribution in [1.82, 2.24) is 25.0 Å². The van der Waals surface area contributed by atoms with Crippen LogP contribution in [-0.4, -0.2) is 38.7 Å². The van der Waals surface area contributed by atoms with Gasteiger partial charge >= 0.3 is 0 Å². The lowest BCUT2D eigenvalue weighted by Gasteiger charge is -2.21. The number of pyridine rings is 1. The summed E-state index contributed by atoms with van der Waals surface area (Å²) in [6.07, 6.45) is 1.07. The van der Waals surface area contributed by atoms with Crippen LogP contribution in [0.3, 0.4) is 0 Å². The molecule has 3 rings (SSSR count). The van der Waals surface area contributed by atoms with Crippen LogP contribution in [0.5, 0.6) is 0 Å². The highest BCUT2D eigenvalue weighted by Crippen LogP contribution is 2.15. The molecule has 2 aromatic rings. The Labute approximate surface area is 159 Å². The molecule has 1 aliphatic heterocycles. The summed E-state index contributed by atoms with van der Waals surface area (Å²) in [5, 5.41) is 7.46. The first-order chi connectivity index (χ1) is 12.8. The van der Waals surface area contributed by atoms with Crippen molar-refractivity contribution in [2.75, 3.05) is 13.1 Å². The van der Waals surface area contributed by atoms with Crippen molar-refractivity contribution in [3.05, 3.63) is 50.7 Å². The van der Waals surface area contributed by atoms with Crippen LogP contribution in [0, 0.1) is 19.8 Å². The highest BCUT2D eigenvalue weighted by atomic mass is 16.2. The second-order valence-electron chi connectivity index (χ2n) is 7.84. The number of amides is 1. The zero-order chi connectivity index (χ0) is 19.6. The van der Waals surface area contributed by atoms with Crippen LogP contribution >= 0.6 is 0 Å². The summed E-state index contributed by atoms with van der Waals surface area (Å²) in [5.74, 6) is 0.262. The first-order valence-corrected chi connectivity index (χ1v) is 9.60. The largest absolute Gasteiger partial charge is 0.346 e. The lowest BCUT2D eigenvalue weighted by Crippen LogP contribution is -2.30. The SMILES string of the molecule is Cc1cc(C(=O)NCc2cc3n(n2)CCCN(CC(C)C)C3)c(=O)[nH]c1C. The van der Waals surface area contributed by atoms with Gasteiger partial charge < -0.3 is 10.3 Å². The van der Waals surface area contributed by atoms with Crippen molar-refractivity contribution in [1.29, 1.82) is 0 Å². The normalized spacial score (nSPS) is 14.9. The molecular formula is C20H29N5O2. The van der Waals surface area contributed by atoms with Gasteiger partial charge in [0.15, 0.2) is 0 Å². The number of hydrogen-bond acceptors (Lipinski definition) is 4. The Morgan fingerprint density at radius 2 is 2.07 bits per heavy atom. The van der Waals surface area contributed by atoms with Crippen LogP contribution in [-0.2, 0) is 19.6 Å². The molecule has 3 heterocycles.